The van der Waals surface area contributed by atoms with Crippen LogP contribution < -0.4 is 0 Å². The van der Waals surface area contributed by atoms with Crippen LogP contribution >= 0.6 is 0 Å². The number of rotatable bonds is 5. The second kappa shape index (κ2) is 12.1. The molecule has 0 saturated carbocycles. The Kier molecular flexibility index (Phi) is 6.79. The number of benzene rings is 8. The van der Waals surface area contributed by atoms with Gasteiger partial charge in [-0.15, -0.1) is 0 Å². The summed E-state index contributed by atoms with van der Waals surface area (Å²) in [7, 11) is 0. The SMILES string of the molecule is c1ccc(-c2nc(-c3ccccc3)nc(-c3ccc(-c4cc5oc6cc(-n7c8ccccc8c8ccccc87)ccc6c5c5ccccc45)cc3)n2)cc1. The molecule has 0 spiro atoms. The molecule has 11 aromatic rings. The summed E-state index contributed by atoms with van der Waals surface area (Å²) in [6.07, 6.45) is 0. The number of fused-ring (bicyclic) bond motifs is 8. The van der Waals surface area contributed by atoms with Crippen molar-refractivity contribution in [2.24, 2.45) is 0 Å². The first-order valence-corrected chi connectivity index (χ1v) is 18.1. The number of aromatic nitrogens is 4. The van der Waals surface area contributed by atoms with Crippen molar-refractivity contribution < 1.29 is 4.42 Å². The monoisotopic (exact) mass is 690 g/mol. The van der Waals surface area contributed by atoms with Crippen molar-refractivity contribution in [1.29, 1.82) is 0 Å². The molecule has 252 valence electrons. The molecule has 54 heavy (non-hydrogen) atoms. The average Bonchev–Trinajstić information content (AvgIpc) is 3.79. The van der Waals surface area contributed by atoms with Gasteiger partial charge in [0, 0.05) is 50.0 Å². The van der Waals surface area contributed by atoms with Crippen molar-refractivity contribution >= 4 is 54.5 Å². The van der Waals surface area contributed by atoms with Crippen LogP contribution in [0.2, 0.25) is 0 Å². The Hall–Kier alpha value is -7.37. The highest BCUT2D eigenvalue weighted by Gasteiger charge is 2.18. The van der Waals surface area contributed by atoms with E-state index in [4.69, 9.17) is 19.4 Å². The van der Waals surface area contributed by atoms with Gasteiger partial charge in [0.1, 0.15) is 11.2 Å². The first-order chi connectivity index (χ1) is 26.8. The molecule has 0 aliphatic rings. The van der Waals surface area contributed by atoms with E-state index in [0.29, 0.717) is 17.5 Å². The van der Waals surface area contributed by atoms with E-state index in [2.05, 4.69) is 126 Å². The summed E-state index contributed by atoms with van der Waals surface area (Å²) < 4.78 is 9.08. The molecule has 0 unspecified atom stereocenters. The maximum absolute atomic E-state index is 6.75. The first kappa shape index (κ1) is 30.3. The Labute approximate surface area is 310 Å². The number of hydrogen-bond donors (Lipinski definition) is 0. The van der Waals surface area contributed by atoms with Gasteiger partial charge in [-0.25, -0.2) is 15.0 Å². The average molecular weight is 691 g/mol. The molecule has 3 heterocycles. The predicted molar refractivity (Wildman–Crippen MR) is 221 cm³/mol. The van der Waals surface area contributed by atoms with Gasteiger partial charge < -0.3 is 8.98 Å². The van der Waals surface area contributed by atoms with E-state index >= 15 is 0 Å². The van der Waals surface area contributed by atoms with Crippen LogP contribution in [-0.2, 0) is 0 Å². The predicted octanol–water partition coefficient (Wildman–Crippen LogP) is 12.7. The number of para-hydroxylation sites is 2. The maximum atomic E-state index is 6.75. The number of nitrogens with zero attached hydrogens (tertiary/aromatic N) is 4. The molecule has 0 N–H and O–H groups in total. The molecular formula is C49H30N4O. The van der Waals surface area contributed by atoms with Gasteiger partial charge in [-0.05, 0) is 52.2 Å². The topological polar surface area (TPSA) is 56.7 Å². The molecule has 3 aromatic heterocycles. The molecule has 0 amide bonds. The highest BCUT2D eigenvalue weighted by atomic mass is 16.3. The zero-order valence-electron chi connectivity index (χ0n) is 29.0. The summed E-state index contributed by atoms with van der Waals surface area (Å²) in [5, 5.41) is 7.04. The van der Waals surface area contributed by atoms with E-state index in [-0.39, 0.29) is 0 Å². The van der Waals surface area contributed by atoms with Gasteiger partial charge in [0.2, 0.25) is 0 Å². The van der Waals surface area contributed by atoms with Crippen molar-refractivity contribution in [3.05, 3.63) is 182 Å². The fraction of sp³-hybridized carbons (Fsp3) is 0. The molecule has 0 aliphatic carbocycles. The smallest absolute Gasteiger partial charge is 0.164 e. The van der Waals surface area contributed by atoms with Gasteiger partial charge in [-0.2, -0.15) is 0 Å². The lowest BCUT2D eigenvalue weighted by atomic mass is 9.94. The molecule has 5 nitrogen and oxygen atoms in total. The lowest BCUT2D eigenvalue weighted by molar-refractivity contribution is 0.669. The fourth-order valence-electron chi connectivity index (χ4n) is 7.94. The molecule has 0 atom stereocenters. The van der Waals surface area contributed by atoms with E-state index in [1.807, 2.05) is 60.7 Å². The molecule has 8 aromatic carbocycles. The van der Waals surface area contributed by atoms with Gasteiger partial charge in [0.15, 0.2) is 17.5 Å². The van der Waals surface area contributed by atoms with Crippen LogP contribution in [0.25, 0.3) is 105 Å². The lowest BCUT2D eigenvalue weighted by Gasteiger charge is -2.11. The number of furan rings is 1. The summed E-state index contributed by atoms with van der Waals surface area (Å²) in [6, 6.07) is 63.2. The molecular weight excluding hydrogens is 661 g/mol. The third-order valence-corrected chi connectivity index (χ3v) is 10.5. The van der Waals surface area contributed by atoms with Crippen LogP contribution in [0.5, 0.6) is 0 Å². The summed E-state index contributed by atoms with van der Waals surface area (Å²) >= 11 is 0. The van der Waals surface area contributed by atoms with Crippen LogP contribution in [0, 0.1) is 0 Å². The Bertz CT molecular complexity index is 3090. The van der Waals surface area contributed by atoms with Crippen molar-refractivity contribution in [2.45, 2.75) is 0 Å². The summed E-state index contributed by atoms with van der Waals surface area (Å²) in [6.45, 7) is 0. The largest absolute Gasteiger partial charge is 0.456 e. The van der Waals surface area contributed by atoms with Crippen LogP contribution in [0.3, 0.4) is 0 Å². The standard InChI is InChI=1S/C49H30N4O/c1-3-13-32(14-4-1)47-50-48(33-15-5-2-6-16-33)52-49(51-47)34-25-23-31(24-26-34)41-30-45-46(39-20-8-7-17-36(39)41)40-28-27-35(29-44(40)54-45)53-42-21-11-9-18-37(42)38-19-10-12-22-43(38)53/h1-30H. The van der Waals surface area contributed by atoms with Gasteiger partial charge in [0.25, 0.3) is 0 Å². The Balaban J connectivity index is 1.03. The minimum Gasteiger partial charge on any atom is -0.456 e. The first-order valence-electron chi connectivity index (χ1n) is 18.1. The molecule has 0 aliphatic heterocycles. The van der Waals surface area contributed by atoms with Crippen LogP contribution in [0.1, 0.15) is 0 Å². The summed E-state index contributed by atoms with van der Waals surface area (Å²) in [5.41, 5.74) is 10.2. The summed E-state index contributed by atoms with van der Waals surface area (Å²) in [5.74, 6) is 1.92. The third kappa shape index (κ3) is 4.83. The van der Waals surface area contributed by atoms with Crippen molar-refractivity contribution in [3.63, 3.8) is 0 Å². The van der Waals surface area contributed by atoms with Gasteiger partial charge in [-0.3, -0.25) is 0 Å². The van der Waals surface area contributed by atoms with Gasteiger partial charge >= 0.3 is 0 Å². The summed E-state index contributed by atoms with van der Waals surface area (Å²) in [4.78, 5) is 14.7. The Morgan fingerprint density at radius 2 is 0.833 bits per heavy atom. The highest BCUT2D eigenvalue weighted by molar-refractivity contribution is 6.22. The minimum absolute atomic E-state index is 0.630. The van der Waals surface area contributed by atoms with Crippen LogP contribution in [0.4, 0.5) is 0 Å². The van der Waals surface area contributed by atoms with Crippen LogP contribution in [0.15, 0.2) is 186 Å². The number of hydrogen-bond acceptors (Lipinski definition) is 4. The molecule has 0 radical (unpaired) electrons. The third-order valence-electron chi connectivity index (χ3n) is 10.5. The second-order valence-electron chi connectivity index (χ2n) is 13.6. The molecule has 11 rings (SSSR count). The molecule has 5 heteroatoms. The fourth-order valence-corrected chi connectivity index (χ4v) is 7.94. The second-order valence-corrected chi connectivity index (χ2v) is 13.6. The van der Waals surface area contributed by atoms with E-state index in [1.165, 1.54) is 27.2 Å². The molecule has 0 fully saturated rings. The zero-order valence-corrected chi connectivity index (χ0v) is 29.0. The quantitative estimate of drug-likeness (QED) is 0.180. The Morgan fingerprint density at radius 3 is 1.43 bits per heavy atom. The van der Waals surface area contributed by atoms with Crippen molar-refractivity contribution in [1.82, 2.24) is 19.5 Å². The lowest BCUT2D eigenvalue weighted by Crippen LogP contribution is -2.00. The maximum Gasteiger partial charge on any atom is 0.164 e. The highest BCUT2D eigenvalue weighted by Crippen LogP contribution is 2.42. The normalized spacial score (nSPS) is 11.7. The van der Waals surface area contributed by atoms with E-state index < -0.39 is 0 Å². The minimum atomic E-state index is 0.630. The van der Waals surface area contributed by atoms with E-state index in [9.17, 15) is 0 Å². The van der Waals surface area contributed by atoms with E-state index in [1.54, 1.807) is 0 Å². The van der Waals surface area contributed by atoms with Crippen LogP contribution in [-0.4, -0.2) is 19.5 Å². The molecule has 0 saturated heterocycles. The van der Waals surface area contributed by atoms with Gasteiger partial charge in [-0.1, -0.05) is 146 Å². The molecule has 0 bridgehead atoms. The Morgan fingerprint density at radius 1 is 0.352 bits per heavy atom. The van der Waals surface area contributed by atoms with Crippen molar-refractivity contribution in [2.75, 3.05) is 0 Å². The van der Waals surface area contributed by atoms with Crippen molar-refractivity contribution in [3.8, 4) is 51.0 Å². The van der Waals surface area contributed by atoms with Gasteiger partial charge in [0.05, 0.1) is 11.0 Å². The van der Waals surface area contributed by atoms with E-state index in [0.717, 1.165) is 60.8 Å². The zero-order chi connectivity index (χ0) is 35.6.